The van der Waals surface area contributed by atoms with Crippen LogP contribution >= 0.6 is 11.8 Å². The normalized spacial score (nSPS) is 15.0. The number of hydrogen-bond donors (Lipinski definition) is 1. The van der Waals surface area contributed by atoms with Gasteiger partial charge in [0.05, 0.1) is 17.1 Å². The number of nitrogens with one attached hydrogen (secondary N) is 1. The molecule has 0 radical (unpaired) electrons. The molecule has 5 rings (SSSR count). The van der Waals surface area contributed by atoms with Gasteiger partial charge in [-0.2, -0.15) is 4.99 Å². The molecule has 1 atom stereocenters. The van der Waals surface area contributed by atoms with E-state index in [2.05, 4.69) is 25.1 Å². The average Bonchev–Trinajstić information content (AvgIpc) is 3.61. The van der Waals surface area contributed by atoms with Gasteiger partial charge in [-0.25, -0.2) is 14.5 Å². The van der Waals surface area contributed by atoms with E-state index in [1.165, 1.54) is 51.9 Å². The molecule has 234 valence electrons. The van der Waals surface area contributed by atoms with Crippen molar-refractivity contribution in [3.8, 4) is 22.8 Å². The van der Waals surface area contributed by atoms with E-state index in [0.29, 0.717) is 16.7 Å². The summed E-state index contributed by atoms with van der Waals surface area (Å²) in [6.45, 7) is 5.79. The number of benzene rings is 3. The number of para-hydroxylation sites is 1. The number of alkyl halides is 3. The van der Waals surface area contributed by atoms with Crippen LogP contribution in [0.2, 0.25) is 0 Å². The number of aromatic nitrogens is 3. The Morgan fingerprint density at radius 2 is 1.76 bits per heavy atom. The Morgan fingerprint density at radius 1 is 1.07 bits per heavy atom. The summed E-state index contributed by atoms with van der Waals surface area (Å²) >= 11 is 1.26. The summed E-state index contributed by atoms with van der Waals surface area (Å²) in [5, 5.41) is 7.74. The number of anilines is 1. The lowest BCUT2D eigenvalue weighted by Gasteiger charge is -2.21. The third-order valence-corrected chi connectivity index (χ3v) is 8.06. The maximum absolute atomic E-state index is 12.7. The number of carbonyl (C=O) groups excluding carboxylic acids is 2. The van der Waals surface area contributed by atoms with E-state index in [1.54, 1.807) is 0 Å². The van der Waals surface area contributed by atoms with E-state index in [9.17, 15) is 22.8 Å². The molecule has 9 nitrogen and oxygen atoms in total. The average molecular weight is 637 g/mol. The largest absolute Gasteiger partial charge is 0.573 e. The number of thioether (sulfide) groups is 1. The van der Waals surface area contributed by atoms with Crippen molar-refractivity contribution in [2.75, 3.05) is 10.7 Å². The van der Waals surface area contributed by atoms with Crippen molar-refractivity contribution in [1.29, 1.82) is 0 Å². The Bertz CT molecular complexity index is 1680. The van der Waals surface area contributed by atoms with Gasteiger partial charge in [-0.3, -0.25) is 9.69 Å². The van der Waals surface area contributed by atoms with Gasteiger partial charge in [0.25, 0.3) is 0 Å². The lowest BCUT2D eigenvalue weighted by molar-refractivity contribution is -0.274. The smallest absolute Gasteiger partial charge is 0.406 e. The predicted octanol–water partition coefficient (Wildman–Crippen LogP) is 7.01. The van der Waals surface area contributed by atoms with Crippen LogP contribution < -0.4 is 15.0 Å². The number of carbonyl (C=O) groups is 2. The lowest BCUT2D eigenvalue weighted by atomic mass is 10.0. The fourth-order valence-corrected chi connectivity index (χ4v) is 5.83. The van der Waals surface area contributed by atoms with Crippen LogP contribution in [0.1, 0.15) is 36.5 Å². The maximum atomic E-state index is 12.7. The second-order valence-corrected chi connectivity index (χ2v) is 11.6. The monoisotopic (exact) mass is 636 g/mol. The predicted molar refractivity (Wildman–Crippen MR) is 168 cm³/mol. The Morgan fingerprint density at radius 3 is 2.42 bits per heavy atom. The van der Waals surface area contributed by atoms with Crippen molar-refractivity contribution in [3.05, 3.63) is 89.7 Å². The summed E-state index contributed by atoms with van der Waals surface area (Å²) in [5.41, 5.74) is 5.11. The van der Waals surface area contributed by atoms with Crippen molar-refractivity contribution in [2.45, 2.75) is 52.4 Å². The van der Waals surface area contributed by atoms with Gasteiger partial charge in [-0.05, 0) is 81.0 Å². The zero-order valence-corrected chi connectivity index (χ0v) is 25.7. The standard InChI is InChI=1S/C32H31F3N6O3S/c1-20-6-4-7-21(2)28(20)41-27(42)18-45-31(41)38-30(43)37-22(3)8-5-9-23-10-12-24(13-11-23)29-36-19-40(39-29)25-14-16-26(17-15-25)44-32(33,34)35/h4,6-7,10-17,19,22H,5,8-9,18H2,1-3H3,(H,37,43)/b38-31-. The van der Waals surface area contributed by atoms with E-state index in [-0.39, 0.29) is 23.5 Å². The summed E-state index contributed by atoms with van der Waals surface area (Å²) in [4.78, 5) is 35.4. The topological polar surface area (TPSA) is 102 Å². The van der Waals surface area contributed by atoms with Gasteiger partial charge < -0.3 is 10.1 Å². The second kappa shape index (κ2) is 13.6. The molecule has 1 aliphatic rings. The molecule has 1 fully saturated rings. The first kappa shape index (κ1) is 31.8. The molecule has 1 aliphatic heterocycles. The van der Waals surface area contributed by atoms with Crippen LogP contribution in [0.4, 0.5) is 23.7 Å². The van der Waals surface area contributed by atoms with Crippen molar-refractivity contribution < 1.29 is 27.5 Å². The molecule has 1 aromatic heterocycles. The van der Waals surface area contributed by atoms with E-state index < -0.39 is 12.4 Å². The summed E-state index contributed by atoms with van der Waals surface area (Å²) < 4.78 is 42.6. The van der Waals surface area contributed by atoms with E-state index in [4.69, 9.17) is 0 Å². The van der Waals surface area contributed by atoms with Gasteiger partial charge in [-0.1, -0.05) is 54.2 Å². The highest BCUT2D eigenvalue weighted by molar-refractivity contribution is 8.15. The van der Waals surface area contributed by atoms with Crippen LogP contribution in [0.3, 0.4) is 0 Å². The Hall–Kier alpha value is -4.65. The highest BCUT2D eigenvalue weighted by Gasteiger charge is 2.33. The second-order valence-electron chi connectivity index (χ2n) is 10.6. The summed E-state index contributed by atoms with van der Waals surface area (Å²) in [7, 11) is 0. The summed E-state index contributed by atoms with van der Waals surface area (Å²) in [5.74, 6) is 0.312. The van der Waals surface area contributed by atoms with Gasteiger partial charge in [0.15, 0.2) is 11.0 Å². The number of halogens is 3. The van der Waals surface area contributed by atoms with E-state index in [0.717, 1.165) is 47.2 Å². The van der Waals surface area contributed by atoms with Crippen LogP contribution in [-0.2, 0) is 11.2 Å². The number of aryl methyl sites for hydroxylation is 3. The van der Waals surface area contributed by atoms with Crippen LogP contribution in [0.15, 0.2) is 78.0 Å². The molecule has 1 N–H and O–H groups in total. The van der Waals surface area contributed by atoms with Crippen LogP contribution in [0.5, 0.6) is 5.75 Å². The van der Waals surface area contributed by atoms with Gasteiger partial charge in [0, 0.05) is 11.6 Å². The highest BCUT2D eigenvalue weighted by Crippen LogP contribution is 2.32. The van der Waals surface area contributed by atoms with Crippen molar-refractivity contribution in [1.82, 2.24) is 20.1 Å². The number of hydrogen-bond acceptors (Lipinski definition) is 6. The Labute approximate surface area is 262 Å². The van der Waals surface area contributed by atoms with Crippen molar-refractivity contribution in [2.24, 2.45) is 4.99 Å². The third kappa shape index (κ3) is 8.09. The quantitative estimate of drug-likeness (QED) is 0.212. The molecule has 13 heteroatoms. The molecule has 0 aliphatic carbocycles. The molecule has 4 aromatic rings. The molecule has 0 saturated carbocycles. The van der Waals surface area contributed by atoms with Crippen LogP contribution in [-0.4, -0.2) is 50.0 Å². The first-order chi connectivity index (χ1) is 21.5. The van der Waals surface area contributed by atoms with Gasteiger partial charge in [-0.15, -0.1) is 18.3 Å². The zero-order valence-electron chi connectivity index (χ0n) is 24.8. The number of aliphatic imine (C=N–C) groups is 1. The number of amides is 3. The molecule has 1 unspecified atom stereocenters. The molecule has 1 saturated heterocycles. The van der Waals surface area contributed by atoms with E-state index in [1.807, 2.05) is 63.2 Å². The molecule has 3 aromatic carbocycles. The Kier molecular flexibility index (Phi) is 9.57. The molecule has 0 spiro atoms. The molecular formula is C32H31F3N6O3S. The third-order valence-electron chi connectivity index (χ3n) is 7.14. The molecule has 45 heavy (non-hydrogen) atoms. The highest BCUT2D eigenvalue weighted by atomic mass is 32.2. The number of amidine groups is 1. The SMILES string of the molecule is Cc1cccc(C)c1N1C(=O)CS/C1=N\C(=O)NC(C)CCCc1ccc(-c2ncn(-c3ccc(OC(F)(F)F)cc3)n2)cc1. The van der Waals surface area contributed by atoms with Gasteiger partial charge in [0.2, 0.25) is 5.91 Å². The minimum atomic E-state index is -4.75. The first-order valence-electron chi connectivity index (χ1n) is 14.2. The van der Waals surface area contributed by atoms with Crippen LogP contribution in [0.25, 0.3) is 17.1 Å². The molecular weight excluding hydrogens is 605 g/mol. The van der Waals surface area contributed by atoms with Crippen molar-refractivity contribution in [3.63, 3.8) is 0 Å². The molecule has 3 amide bonds. The summed E-state index contributed by atoms with van der Waals surface area (Å²) in [6, 6.07) is 18.4. The number of ether oxygens (including phenoxy) is 1. The van der Waals surface area contributed by atoms with Gasteiger partial charge in [0.1, 0.15) is 12.1 Å². The fourth-order valence-electron chi connectivity index (χ4n) is 4.98. The number of urea groups is 1. The number of rotatable bonds is 9. The minimum absolute atomic E-state index is 0.0969. The lowest BCUT2D eigenvalue weighted by Crippen LogP contribution is -2.34. The minimum Gasteiger partial charge on any atom is -0.406 e. The van der Waals surface area contributed by atoms with Crippen LogP contribution in [0, 0.1) is 13.8 Å². The molecule has 2 heterocycles. The van der Waals surface area contributed by atoms with Gasteiger partial charge >= 0.3 is 12.4 Å². The number of nitrogens with zero attached hydrogens (tertiary/aromatic N) is 5. The van der Waals surface area contributed by atoms with E-state index >= 15 is 0 Å². The maximum Gasteiger partial charge on any atom is 0.573 e. The zero-order chi connectivity index (χ0) is 32.1. The summed E-state index contributed by atoms with van der Waals surface area (Å²) in [6.07, 6.45) is -0.883. The van der Waals surface area contributed by atoms with Crippen molar-refractivity contribution >= 4 is 34.6 Å². The Balaban J connectivity index is 1.11. The fraction of sp³-hybridized carbons (Fsp3) is 0.281. The first-order valence-corrected chi connectivity index (χ1v) is 15.2. The molecule has 0 bridgehead atoms.